The molecular formula is C42H45ClN8O5. The predicted molar refractivity (Wildman–Crippen MR) is 212 cm³/mol. The zero-order chi connectivity index (χ0) is 39.0. The maximum atomic E-state index is 13.6. The van der Waals surface area contributed by atoms with Gasteiger partial charge in [-0.05, 0) is 98.5 Å². The van der Waals surface area contributed by atoms with E-state index in [0.29, 0.717) is 58.6 Å². The first-order chi connectivity index (χ1) is 27.1. The Morgan fingerprint density at radius 1 is 0.875 bits per heavy atom. The van der Waals surface area contributed by atoms with Gasteiger partial charge in [-0.1, -0.05) is 17.7 Å². The van der Waals surface area contributed by atoms with E-state index in [4.69, 9.17) is 11.6 Å². The molecule has 56 heavy (non-hydrogen) atoms. The molecular weight excluding hydrogens is 732 g/mol. The second-order valence-electron chi connectivity index (χ2n) is 15.6. The molecule has 0 bridgehead atoms. The van der Waals surface area contributed by atoms with Crippen molar-refractivity contribution in [3.05, 3.63) is 87.9 Å². The van der Waals surface area contributed by atoms with Crippen LogP contribution in [-0.2, 0) is 9.59 Å². The van der Waals surface area contributed by atoms with Crippen LogP contribution in [0.4, 0.5) is 17.1 Å². The number of anilines is 3. The number of benzene rings is 3. The number of hydrogen-bond acceptors (Lipinski definition) is 10. The molecule has 4 fully saturated rings. The Balaban J connectivity index is 0.767. The Labute approximate surface area is 330 Å². The van der Waals surface area contributed by atoms with Crippen LogP contribution in [0.2, 0.25) is 5.02 Å². The van der Waals surface area contributed by atoms with E-state index in [1.54, 1.807) is 18.2 Å². The molecule has 8 rings (SSSR count). The third-order valence-corrected chi connectivity index (χ3v) is 12.6. The van der Waals surface area contributed by atoms with Gasteiger partial charge in [0.25, 0.3) is 17.7 Å². The van der Waals surface area contributed by atoms with Gasteiger partial charge in [-0.3, -0.25) is 34.2 Å². The molecule has 4 saturated heterocycles. The van der Waals surface area contributed by atoms with Gasteiger partial charge in [0.15, 0.2) is 0 Å². The summed E-state index contributed by atoms with van der Waals surface area (Å²) >= 11 is 6.29. The van der Waals surface area contributed by atoms with Crippen molar-refractivity contribution < 1.29 is 24.0 Å². The molecule has 5 aliphatic heterocycles. The van der Waals surface area contributed by atoms with E-state index in [0.717, 1.165) is 81.1 Å². The summed E-state index contributed by atoms with van der Waals surface area (Å²) in [6, 6.07) is 20.0. The highest BCUT2D eigenvalue weighted by molar-refractivity contribution is 6.32. The number of carbonyl (C=O) groups is 5. The highest BCUT2D eigenvalue weighted by Gasteiger charge is 2.46. The zero-order valence-electron chi connectivity index (χ0n) is 31.2. The van der Waals surface area contributed by atoms with E-state index in [1.807, 2.05) is 47.4 Å². The van der Waals surface area contributed by atoms with Crippen molar-refractivity contribution in [2.45, 2.75) is 57.0 Å². The van der Waals surface area contributed by atoms with Crippen molar-refractivity contribution in [2.24, 2.45) is 5.41 Å². The van der Waals surface area contributed by atoms with Gasteiger partial charge in [0, 0.05) is 81.8 Å². The second-order valence-corrected chi connectivity index (χ2v) is 16.0. The molecule has 5 heterocycles. The quantitative estimate of drug-likeness (QED) is 0.210. The first-order valence-corrected chi connectivity index (χ1v) is 19.9. The van der Waals surface area contributed by atoms with Crippen LogP contribution in [0.25, 0.3) is 0 Å². The smallest absolute Gasteiger partial charge is 0.264 e. The molecule has 0 radical (unpaired) electrons. The van der Waals surface area contributed by atoms with Gasteiger partial charge in [-0.15, -0.1) is 0 Å². The molecule has 290 valence electrons. The Hall–Kier alpha value is -5.45. The lowest BCUT2D eigenvalue weighted by molar-refractivity contribution is -0.136. The maximum absolute atomic E-state index is 13.6. The number of hydrogen-bond donors (Lipinski definition) is 3. The number of nitriles is 1. The van der Waals surface area contributed by atoms with Crippen LogP contribution in [-0.4, -0.2) is 104 Å². The number of amides is 5. The van der Waals surface area contributed by atoms with Crippen LogP contribution < -0.4 is 25.8 Å². The first-order valence-electron chi connectivity index (χ1n) is 19.5. The van der Waals surface area contributed by atoms with E-state index in [1.165, 1.54) is 0 Å². The fraction of sp³-hybridized carbons (Fsp3) is 0.429. The van der Waals surface area contributed by atoms with E-state index < -0.39 is 29.7 Å². The van der Waals surface area contributed by atoms with Gasteiger partial charge >= 0.3 is 0 Å². The first kappa shape index (κ1) is 37.5. The number of rotatable bonds is 9. The van der Waals surface area contributed by atoms with Gasteiger partial charge in [0.1, 0.15) is 12.1 Å². The second kappa shape index (κ2) is 15.6. The molecule has 14 heteroatoms. The molecule has 3 aromatic rings. The van der Waals surface area contributed by atoms with Crippen molar-refractivity contribution >= 4 is 58.2 Å². The zero-order valence-corrected chi connectivity index (χ0v) is 31.9. The van der Waals surface area contributed by atoms with Crippen LogP contribution in [0.5, 0.6) is 0 Å². The summed E-state index contributed by atoms with van der Waals surface area (Å²) in [7, 11) is 0. The summed E-state index contributed by atoms with van der Waals surface area (Å²) in [6.07, 6.45) is 4.96. The number of imide groups is 2. The fourth-order valence-electron chi connectivity index (χ4n) is 9.03. The average molecular weight is 777 g/mol. The molecule has 3 N–H and O–H groups in total. The maximum Gasteiger partial charge on any atom is 0.264 e. The Kier molecular flexibility index (Phi) is 10.4. The van der Waals surface area contributed by atoms with Crippen molar-refractivity contribution in [2.75, 3.05) is 67.5 Å². The molecule has 13 nitrogen and oxygen atoms in total. The van der Waals surface area contributed by atoms with Crippen molar-refractivity contribution in [3.8, 4) is 6.07 Å². The third kappa shape index (κ3) is 7.31. The van der Waals surface area contributed by atoms with E-state index in [-0.39, 0.29) is 24.2 Å². The fourth-order valence-corrected chi connectivity index (χ4v) is 9.25. The lowest BCUT2D eigenvalue weighted by Gasteiger charge is -2.40. The van der Waals surface area contributed by atoms with Crippen LogP contribution in [0.15, 0.2) is 60.7 Å². The lowest BCUT2D eigenvalue weighted by atomic mass is 9.77. The number of halogens is 1. The van der Waals surface area contributed by atoms with Crippen molar-refractivity contribution in [1.29, 1.82) is 5.26 Å². The van der Waals surface area contributed by atoms with Crippen molar-refractivity contribution in [1.82, 2.24) is 20.4 Å². The monoisotopic (exact) mass is 776 g/mol. The van der Waals surface area contributed by atoms with Crippen LogP contribution in [0.1, 0.15) is 81.6 Å². The van der Waals surface area contributed by atoms with Crippen LogP contribution in [0.3, 0.4) is 0 Å². The predicted octanol–water partition coefficient (Wildman–Crippen LogP) is 4.42. The van der Waals surface area contributed by atoms with Gasteiger partial charge in [-0.2, -0.15) is 5.26 Å². The highest BCUT2D eigenvalue weighted by Crippen LogP contribution is 2.42. The van der Waals surface area contributed by atoms with Gasteiger partial charge in [0.2, 0.25) is 11.8 Å². The SMILES string of the molecule is N#Cc1ccc(N2CCC3(CCN(C(=O)c4ccc(NCCNC5CCN(c6cccc7c6C(=O)N(C6CCC(=O)NC6=O)C7=O)CC5)cc4)C3)CC2)cc1Cl. The Morgan fingerprint density at radius 2 is 1.62 bits per heavy atom. The molecule has 1 atom stereocenters. The summed E-state index contributed by atoms with van der Waals surface area (Å²) in [6.45, 7) is 6.22. The molecule has 0 aromatic heterocycles. The number of nitrogens with one attached hydrogen (secondary N) is 3. The minimum Gasteiger partial charge on any atom is -0.384 e. The largest absolute Gasteiger partial charge is 0.384 e. The molecule has 1 unspecified atom stereocenters. The van der Waals surface area contributed by atoms with E-state index in [2.05, 4.69) is 31.8 Å². The molecule has 3 aromatic carbocycles. The minimum absolute atomic E-state index is 0.0748. The summed E-state index contributed by atoms with van der Waals surface area (Å²) in [5.74, 6) is -1.91. The molecule has 1 spiro atoms. The minimum atomic E-state index is -0.987. The van der Waals surface area contributed by atoms with Crippen LogP contribution in [0, 0.1) is 16.7 Å². The topological polar surface area (TPSA) is 158 Å². The Morgan fingerprint density at radius 3 is 2.34 bits per heavy atom. The standard InChI is InChI=1S/C42H45ClN8O5/c43-33-24-31(9-6-28(33)25-44)48-21-14-42(15-22-48)16-23-50(26-42)39(54)27-4-7-29(8-5-27)45-17-18-46-30-12-19-49(20-13-30)34-3-1-2-32-37(34)41(56)51(40(32)55)35-10-11-36(52)47-38(35)53/h1-9,24,30,35,45-46H,10-23,26H2,(H,47,52,53). The van der Waals surface area contributed by atoms with E-state index >= 15 is 0 Å². The molecule has 0 aliphatic carbocycles. The number of fused-ring (bicyclic) bond motifs is 1. The highest BCUT2D eigenvalue weighted by atomic mass is 35.5. The molecule has 0 saturated carbocycles. The summed E-state index contributed by atoms with van der Waals surface area (Å²) < 4.78 is 0. The lowest BCUT2D eigenvalue weighted by Crippen LogP contribution is -2.54. The van der Waals surface area contributed by atoms with Gasteiger partial charge in [-0.25, -0.2) is 0 Å². The number of likely N-dealkylation sites (tertiary alicyclic amines) is 1. The number of nitrogens with zero attached hydrogens (tertiary/aromatic N) is 5. The van der Waals surface area contributed by atoms with E-state index in [9.17, 15) is 29.2 Å². The third-order valence-electron chi connectivity index (χ3n) is 12.3. The summed E-state index contributed by atoms with van der Waals surface area (Å²) in [4.78, 5) is 72.0. The summed E-state index contributed by atoms with van der Waals surface area (Å²) in [5.41, 5.74) is 4.64. The molecule has 5 amide bonds. The van der Waals surface area contributed by atoms with Gasteiger partial charge in [0.05, 0.1) is 27.4 Å². The number of carbonyl (C=O) groups excluding carboxylic acids is 5. The summed E-state index contributed by atoms with van der Waals surface area (Å²) in [5, 5.41) is 19.0. The average Bonchev–Trinajstić information content (AvgIpc) is 3.74. The van der Waals surface area contributed by atoms with Gasteiger partial charge < -0.3 is 25.3 Å². The Bertz CT molecular complexity index is 2100. The molecule has 5 aliphatic rings. The normalized spacial score (nSPS) is 21.0. The number of piperidine rings is 3. The van der Waals surface area contributed by atoms with Crippen LogP contribution >= 0.6 is 11.6 Å². The van der Waals surface area contributed by atoms with Crippen molar-refractivity contribution in [3.63, 3.8) is 0 Å².